The van der Waals surface area contributed by atoms with Crippen LogP contribution in [0.5, 0.6) is 0 Å². The maximum absolute atomic E-state index is 11.2. The number of anilines is 1. The fraction of sp³-hybridized carbons (Fsp3) is 0.455. The van der Waals surface area contributed by atoms with Gasteiger partial charge in [0.1, 0.15) is 0 Å². The van der Waals surface area contributed by atoms with Crippen LogP contribution in [0.1, 0.15) is 20.8 Å². The van der Waals surface area contributed by atoms with Crippen LogP contribution in [-0.4, -0.2) is 14.5 Å². The van der Waals surface area contributed by atoms with E-state index in [1.807, 2.05) is 6.92 Å². The van der Waals surface area contributed by atoms with Crippen molar-refractivity contribution >= 4 is 27.3 Å². The summed E-state index contributed by atoms with van der Waals surface area (Å²) in [6.45, 7) is 6.13. The second kappa shape index (κ2) is 5.25. The number of primary sulfonamides is 1. The molecule has 0 aliphatic heterocycles. The predicted octanol–water partition coefficient (Wildman–Crippen LogP) is 2.44. The normalized spacial score (nSPS) is 13.8. The SMILES string of the molecule is CC(C)C(C)Nc1cc(S(N)(=O)=O)ccc1Cl. The summed E-state index contributed by atoms with van der Waals surface area (Å²) in [6, 6.07) is 4.55. The highest BCUT2D eigenvalue weighted by atomic mass is 35.5. The average Bonchev–Trinajstić information content (AvgIpc) is 2.19. The van der Waals surface area contributed by atoms with E-state index in [0.29, 0.717) is 16.6 Å². The van der Waals surface area contributed by atoms with Gasteiger partial charge < -0.3 is 5.32 Å². The maximum Gasteiger partial charge on any atom is 0.238 e. The van der Waals surface area contributed by atoms with E-state index in [2.05, 4.69) is 19.2 Å². The molecule has 0 saturated carbocycles. The van der Waals surface area contributed by atoms with Crippen LogP contribution in [-0.2, 0) is 10.0 Å². The summed E-state index contributed by atoms with van der Waals surface area (Å²) in [6.07, 6.45) is 0. The van der Waals surface area contributed by atoms with Crippen molar-refractivity contribution in [3.8, 4) is 0 Å². The van der Waals surface area contributed by atoms with E-state index in [1.165, 1.54) is 18.2 Å². The Balaban J connectivity index is 3.08. The number of rotatable bonds is 4. The smallest absolute Gasteiger partial charge is 0.238 e. The molecule has 0 aromatic heterocycles. The first-order valence-electron chi connectivity index (χ1n) is 5.30. The highest BCUT2D eigenvalue weighted by molar-refractivity contribution is 7.89. The van der Waals surface area contributed by atoms with E-state index < -0.39 is 10.0 Å². The molecule has 0 amide bonds. The Kier molecular flexibility index (Phi) is 4.41. The number of nitrogens with one attached hydrogen (secondary N) is 1. The summed E-state index contributed by atoms with van der Waals surface area (Å²) < 4.78 is 22.4. The van der Waals surface area contributed by atoms with Gasteiger partial charge in [-0.1, -0.05) is 25.4 Å². The molecule has 0 radical (unpaired) electrons. The quantitative estimate of drug-likeness (QED) is 0.887. The van der Waals surface area contributed by atoms with Gasteiger partial charge in [0, 0.05) is 6.04 Å². The lowest BCUT2D eigenvalue weighted by atomic mass is 10.1. The van der Waals surface area contributed by atoms with E-state index in [0.717, 1.165) is 0 Å². The summed E-state index contributed by atoms with van der Waals surface area (Å²) in [5.74, 6) is 0.407. The number of hydrogen-bond donors (Lipinski definition) is 2. The van der Waals surface area contributed by atoms with Gasteiger partial charge in [-0.3, -0.25) is 0 Å². The Bertz CT molecular complexity index is 500. The van der Waals surface area contributed by atoms with Crippen molar-refractivity contribution in [1.82, 2.24) is 0 Å². The van der Waals surface area contributed by atoms with Crippen LogP contribution < -0.4 is 10.5 Å². The van der Waals surface area contributed by atoms with Crippen LogP contribution in [0.15, 0.2) is 23.1 Å². The van der Waals surface area contributed by atoms with E-state index in [-0.39, 0.29) is 10.9 Å². The molecule has 4 nitrogen and oxygen atoms in total. The van der Waals surface area contributed by atoms with Crippen LogP contribution in [0.25, 0.3) is 0 Å². The standard InChI is InChI=1S/C11H17ClN2O2S/c1-7(2)8(3)14-11-6-9(17(13,15)16)4-5-10(11)12/h4-8,14H,1-3H3,(H2,13,15,16). The highest BCUT2D eigenvalue weighted by Gasteiger charge is 2.13. The van der Waals surface area contributed by atoms with Gasteiger partial charge in [0.2, 0.25) is 10.0 Å². The van der Waals surface area contributed by atoms with Crippen molar-refractivity contribution in [1.29, 1.82) is 0 Å². The monoisotopic (exact) mass is 276 g/mol. The Hall–Kier alpha value is -0.780. The van der Waals surface area contributed by atoms with Gasteiger partial charge in [-0.2, -0.15) is 0 Å². The molecule has 0 heterocycles. The Morgan fingerprint density at radius 2 is 1.88 bits per heavy atom. The van der Waals surface area contributed by atoms with Gasteiger partial charge in [0.15, 0.2) is 0 Å². The van der Waals surface area contributed by atoms with Crippen LogP contribution in [0.2, 0.25) is 5.02 Å². The minimum atomic E-state index is -3.70. The van der Waals surface area contributed by atoms with E-state index in [9.17, 15) is 8.42 Å². The number of hydrogen-bond acceptors (Lipinski definition) is 3. The Morgan fingerprint density at radius 3 is 2.35 bits per heavy atom. The van der Waals surface area contributed by atoms with E-state index in [1.54, 1.807) is 0 Å². The summed E-state index contributed by atoms with van der Waals surface area (Å²) >= 11 is 6.00. The molecule has 0 saturated heterocycles. The molecule has 1 aromatic rings. The van der Waals surface area contributed by atoms with Gasteiger partial charge >= 0.3 is 0 Å². The van der Waals surface area contributed by atoms with Crippen molar-refractivity contribution < 1.29 is 8.42 Å². The lowest BCUT2D eigenvalue weighted by Crippen LogP contribution is -2.22. The predicted molar refractivity (Wildman–Crippen MR) is 70.7 cm³/mol. The third kappa shape index (κ3) is 3.87. The minimum Gasteiger partial charge on any atom is -0.381 e. The molecular weight excluding hydrogens is 260 g/mol. The number of halogens is 1. The molecule has 0 fully saturated rings. The molecule has 17 heavy (non-hydrogen) atoms. The summed E-state index contributed by atoms with van der Waals surface area (Å²) in [4.78, 5) is 0.0559. The van der Waals surface area contributed by atoms with Crippen LogP contribution in [0.4, 0.5) is 5.69 Å². The fourth-order valence-corrected chi connectivity index (χ4v) is 1.92. The first-order chi connectivity index (χ1) is 7.71. The molecule has 1 rings (SSSR count). The third-order valence-electron chi connectivity index (χ3n) is 2.65. The maximum atomic E-state index is 11.2. The second-order valence-electron chi connectivity index (χ2n) is 4.36. The Morgan fingerprint density at radius 1 is 1.29 bits per heavy atom. The van der Waals surface area contributed by atoms with E-state index >= 15 is 0 Å². The molecule has 0 aliphatic carbocycles. The van der Waals surface area contributed by atoms with Crippen LogP contribution >= 0.6 is 11.6 Å². The van der Waals surface area contributed by atoms with Crippen molar-refractivity contribution in [2.45, 2.75) is 31.7 Å². The number of benzene rings is 1. The molecule has 0 spiro atoms. The first kappa shape index (κ1) is 14.3. The molecule has 1 atom stereocenters. The number of sulfonamides is 1. The second-order valence-corrected chi connectivity index (χ2v) is 6.33. The number of nitrogens with two attached hydrogens (primary N) is 1. The third-order valence-corrected chi connectivity index (χ3v) is 3.89. The average molecular weight is 277 g/mol. The zero-order chi connectivity index (χ0) is 13.2. The lowest BCUT2D eigenvalue weighted by Gasteiger charge is -2.20. The summed E-state index contributed by atoms with van der Waals surface area (Å²) in [7, 11) is -3.70. The molecule has 6 heteroatoms. The van der Waals surface area contributed by atoms with Gasteiger partial charge in [0.05, 0.1) is 15.6 Å². The zero-order valence-electron chi connectivity index (χ0n) is 10.1. The fourth-order valence-electron chi connectivity index (χ4n) is 1.20. The Labute approximate surface area is 107 Å². The summed E-state index contributed by atoms with van der Waals surface area (Å²) in [5.41, 5.74) is 0.583. The lowest BCUT2D eigenvalue weighted by molar-refractivity contribution is 0.560. The van der Waals surface area contributed by atoms with Gasteiger partial charge in [-0.05, 0) is 31.0 Å². The van der Waals surface area contributed by atoms with Gasteiger partial charge in [-0.15, -0.1) is 0 Å². The van der Waals surface area contributed by atoms with Gasteiger partial charge in [-0.25, -0.2) is 13.6 Å². The van der Waals surface area contributed by atoms with E-state index in [4.69, 9.17) is 16.7 Å². The zero-order valence-corrected chi connectivity index (χ0v) is 11.6. The van der Waals surface area contributed by atoms with Crippen molar-refractivity contribution in [2.24, 2.45) is 11.1 Å². The molecule has 1 aromatic carbocycles. The highest BCUT2D eigenvalue weighted by Crippen LogP contribution is 2.26. The molecular formula is C11H17ClN2O2S. The van der Waals surface area contributed by atoms with Crippen molar-refractivity contribution in [3.05, 3.63) is 23.2 Å². The van der Waals surface area contributed by atoms with Crippen molar-refractivity contribution in [3.63, 3.8) is 0 Å². The molecule has 3 N–H and O–H groups in total. The van der Waals surface area contributed by atoms with Crippen molar-refractivity contribution in [2.75, 3.05) is 5.32 Å². The molecule has 96 valence electrons. The molecule has 0 bridgehead atoms. The molecule has 1 unspecified atom stereocenters. The van der Waals surface area contributed by atoms with Crippen LogP contribution in [0, 0.1) is 5.92 Å². The minimum absolute atomic E-state index is 0.0559. The van der Waals surface area contributed by atoms with Crippen LogP contribution in [0.3, 0.4) is 0 Å². The molecule has 0 aliphatic rings. The largest absolute Gasteiger partial charge is 0.381 e. The first-order valence-corrected chi connectivity index (χ1v) is 7.23. The topological polar surface area (TPSA) is 72.2 Å². The summed E-state index contributed by atoms with van der Waals surface area (Å²) in [5, 5.41) is 8.71. The van der Waals surface area contributed by atoms with Gasteiger partial charge in [0.25, 0.3) is 0 Å².